The highest BCUT2D eigenvalue weighted by atomic mass is 16.3. The van der Waals surface area contributed by atoms with Gasteiger partial charge in [0.2, 0.25) is 0 Å². The highest BCUT2D eigenvalue weighted by molar-refractivity contribution is 5.73. The Balaban J connectivity index is 1.94. The van der Waals surface area contributed by atoms with Crippen LogP contribution in [0, 0.1) is 11.3 Å². The van der Waals surface area contributed by atoms with Crippen LogP contribution < -0.4 is 10.6 Å². The van der Waals surface area contributed by atoms with Crippen molar-refractivity contribution in [2.45, 2.75) is 46.0 Å². The van der Waals surface area contributed by atoms with Crippen LogP contribution in [0.15, 0.2) is 0 Å². The summed E-state index contributed by atoms with van der Waals surface area (Å²) in [7, 11) is 0. The molecule has 0 heterocycles. The summed E-state index contributed by atoms with van der Waals surface area (Å²) in [6, 6.07) is -0.103. The Hall–Kier alpha value is -0.770. The van der Waals surface area contributed by atoms with Gasteiger partial charge < -0.3 is 15.7 Å². The third-order valence-electron chi connectivity index (χ3n) is 3.41. The maximum Gasteiger partial charge on any atom is 0.314 e. The Morgan fingerprint density at radius 3 is 2.53 bits per heavy atom. The van der Waals surface area contributed by atoms with Gasteiger partial charge in [-0.05, 0) is 25.2 Å². The van der Waals surface area contributed by atoms with E-state index in [4.69, 9.17) is 5.11 Å². The first kappa shape index (κ1) is 14.3. The van der Waals surface area contributed by atoms with Crippen LogP contribution in [0.5, 0.6) is 0 Å². The third kappa shape index (κ3) is 5.91. The number of nitrogens with one attached hydrogen (secondary N) is 2. The number of urea groups is 1. The number of rotatable bonds is 8. The summed E-state index contributed by atoms with van der Waals surface area (Å²) in [5.74, 6) is 0.739. The molecule has 0 aliphatic heterocycles. The van der Waals surface area contributed by atoms with Crippen molar-refractivity contribution >= 4 is 6.03 Å². The monoisotopic (exact) mass is 242 g/mol. The topological polar surface area (TPSA) is 61.4 Å². The molecule has 0 saturated heterocycles. The van der Waals surface area contributed by atoms with Gasteiger partial charge in [-0.1, -0.05) is 26.7 Å². The molecule has 1 saturated carbocycles. The first-order valence-electron chi connectivity index (χ1n) is 6.70. The lowest BCUT2D eigenvalue weighted by Crippen LogP contribution is -2.39. The minimum atomic E-state index is -0.103. The second-order valence-electron chi connectivity index (χ2n) is 5.66. The predicted octanol–water partition coefficient (Wildman–Crippen LogP) is 1.88. The first-order chi connectivity index (χ1) is 8.08. The quantitative estimate of drug-likeness (QED) is 0.569. The summed E-state index contributed by atoms with van der Waals surface area (Å²) in [5.41, 5.74) is -0.00498. The van der Waals surface area contributed by atoms with Crippen LogP contribution in [0.1, 0.15) is 46.0 Å². The lowest BCUT2D eigenvalue weighted by molar-refractivity contribution is 0.203. The van der Waals surface area contributed by atoms with Gasteiger partial charge in [0.25, 0.3) is 0 Å². The van der Waals surface area contributed by atoms with Gasteiger partial charge in [0.15, 0.2) is 0 Å². The molecule has 0 bridgehead atoms. The summed E-state index contributed by atoms with van der Waals surface area (Å²) in [6.07, 6.45) is 5.47. The van der Waals surface area contributed by atoms with Gasteiger partial charge in [0.1, 0.15) is 0 Å². The number of amides is 2. The summed E-state index contributed by atoms with van der Waals surface area (Å²) in [4.78, 5) is 11.4. The van der Waals surface area contributed by atoms with Crippen molar-refractivity contribution < 1.29 is 9.90 Å². The first-order valence-corrected chi connectivity index (χ1v) is 6.70. The van der Waals surface area contributed by atoms with Gasteiger partial charge in [-0.2, -0.15) is 0 Å². The average Bonchev–Trinajstić information content (AvgIpc) is 3.06. The van der Waals surface area contributed by atoms with Gasteiger partial charge >= 0.3 is 6.03 Å². The number of carbonyl (C=O) groups excluding carboxylic acids is 1. The van der Waals surface area contributed by atoms with Crippen molar-refractivity contribution in [2.24, 2.45) is 11.3 Å². The van der Waals surface area contributed by atoms with E-state index in [1.54, 1.807) is 0 Å². The van der Waals surface area contributed by atoms with Crippen molar-refractivity contribution in [3.63, 3.8) is 0 Å². The minimum Gasteiger partial charge on any atom is -0.396 e. The molecule has 0 radical (unpaired) electrons. The van der Waals surface area contributed by atoms with E-state index in [1.807, 2.05) is 0 Å². The molecule has 1 fully saturated rings. The number of hydrogen-bond acceptors (Lipinski definition) is 2. The molecule has 0 unspecified atom stereocenters. The van der Waals surface area contributed by atoms with E-state index in [9.17, 15) is 4.79 Å². The van der Waals surface area contributed by atoms with Crippen molar-refractivity contribution in [1.29, 1.82) is 0 Å². The molecule has 1 rings (SSSR count). The lowest BCUT2D eigenvalue weighted by Gasteiger charge is -2.13. The number of carbonyl (C=O) groups is 1. The molecule has 0 atom stereocenters. The van der Waals surface area contributed by atoms with E-state index in [0.717, 1.165) is 31.7 Å². The van der Waals surface area contributed by atoms with Gasteiger partial charge in [-0.25, -0.2) is 4.79 Å². The molecule has 2 amide bonds. The Kier molecular flexibility index (Phi) is 5.75. The van der Waals surface area contributed by atoms with E-state index in [0.29, 0.717) is 6.54 Å². The molecule has 17 heavy (non-hydrogen) atoms. The molecular weight excluding hydrogens is 216 g/mol. The fourth-order valence-electron chi connectivity index (χ4n) is 1.78. The van der Waals surface area contributed by atoms with Gasteiger partial charge in [-0.15, -0.1) is 0 Å². The average molecular weight is 242 g/mol. The van der Waals surface area contributed by atoms with Crippen LogP contribution in [-0.4, -0.2) is 30.8 Å². The smallest absolute Gasteiger partial charge is 0.314 e. The summed E-state index contributed by atoms with van der Waals surface area (Å²) >= 11 is 0. The maximum atomic E-state index is 11.4. The van der Waals surface area contributed by atoms with Crippen molar-refractivity contribution in [3.05, 3.63) is 0 Å². The number of aliphatic hydroxyl groups is 1. The highest BCUT2D eigenvalue weighted by Crippen LogP contribution is 2.44. The molecule has 4 nitrogen and oxygen atoms in total. The second kappa shape index (κ2) is 6.84. The van der Waals surface area contributed by atoms with Crippen molar-refractivity contribution in [3.8, 4) is 0 Å². The zero-order chi connectivity index (χ0) is 12.7. The van der Waals surface area contributed by atoms with E-state index in [-0.39, 0.29) is 18.1 Å². The zero-order valence-electron chi connectivity index (χ0n) is 11.1. The lowest BCUT2D eigenvalue weighted by atomic mass is 10.1. The van der Waals surface area contributed by atoms with E-state index in [1.165, 1.54) is 12.8 Å². The molecule has 100 valence electrons. The minimum absolute atomic E-state index is 0.00498. The van der Waals surface area contributed by atoms with Gasteiger partial charge in [0.05, 0.1) is 6.61 Å². The molecule has 0 spiro atoms. The SMILES string of the molecule is CC(C)CCCCNC(=O)NCC1(CO)CC1. The standard InChI is InChI=1S/C13H26N2O2/c1-11(2)5-3-4-8-14-12(17)15-9-13(10-16)6-7-13/h11,16H,3-10H2,1-2H3,(H2,14,15,17). The molecule has 0 aromatic rings. The largest absolute Gasteiger partial charge is 0.396 e. The molecule has 1 aliphatic carbocycles. The maximum absolute atomic E-state index is 11.4. The summed E-state index contributed by atoms with van der Waals surface area (Å²) < 4.78 is 0. The fourth-order valence-corrected chi connectivity index (χ4v) is 1.78. The Labute approximate surface area is 104 Å². The molecule has 0 aromatic carbocycles. The van der Waals surface area contributed by atoms with E-state index in [2.05, 4.69) is 24.5 Å². The number of hydrogen-bond donors (Lipinski definition) is 3. The molecule has 0 aromatic heterocycles. The fraction of sp³-hybridized carbons (Fsp3) is 0.923. The Bertz CT molecular complexity index is 238. The molecule has 4 heteroatoms. The van der Waals surface area contributed by atoms with Crippen LogP contribution in [0.3, 0.4) is 0 Å². The van der Waals surface area contributed by atoms with Crippen molar-refractivity contribution in [1.82, 2.24) is 10.6 Å². The van der Waals surface area contributed by atoms with E-state index < -0.39 is 0 Å². The van der Waals surface area contributed by atoms with Crippen LogP contribution in [0.2, 0.25) is 0 Å². The number of aliphatic hydroxyl groups excluding tert-OH is 1. The molecule has 1 aliphatic rings. The van der Waals surface area contributed by atoms with E-state index >= 15 is 0 Å². The Morgan fingerprint density at radius 1 is 1.29 bits per heavy atom. The summed E-state index contributed by atoms with van der Waals surface area (Å²) in [6.45, 7) is 5.95. The third-order valence-corrected chi connectivity index (χ3v) is 3.41. The van der Waals surface area contributed by atoms with Gasteiger partial charge in [-0.3, -0.25) is 0 Å². The molecule has 3 N–H and O–H groups in total. The van der Waals surface area contributed by atoms with Crippen LogP contribution in [0.25, 0.3) is 0 Å². The van der Waals surface area contributed by atoms with Crippen LogP contribution in [-0.2, 0) is 0 Å². The molecular formula is C13H26N2O2. The Morgan fingerprint density at radius 2 is 2.00 bits per heavy atom. The van der Waals surface area contributed by atoms with Crippen molar-refractivity contribution in [2.75, 3.05) is 19.7 Å². The van der Waals surface area contributed by atoms with Crippen LogP contribution in [0.4, 0.5) is 4.79 Å². The zero-order valence-corrected chi connectivity index (χ0v) is 11.1. The number of unbranched alkanes of at least 4 members (excludes halogenated alkanes) is 1. The highest BCUT2D eigenvalue weighted by Gasteiger charge is 2.41. The predicted molar refractivity (Wildman–Crippen MR) is 68.8 cm³/mol. The van der Waals surface area contributed by atoms with Crippen LogP contribution >= 0.6 is 0 Å². The normalized spacial score (nSPS) is 16.9. The second-order valence-corrected chi connectivity index (χ2v) is 5.66. The van der Waals surface area contributed by atoms with Gasteiger partial charge in [0, 0.05) is 18.5 Å². The summed E-state index contributed by atoms with van der Waals surface area (Å²) in [5, 5.41) is 14.8.